The number of carbonyl (C=O) groups is 2. The van der Waals surface area contributed by atoms with Crippen molar-refractivity contribution in [3.05, 3.63) is 174 Å². The van der Waals surface area contributed by atoms with Gasteiger partial charge in [0, 0.05) is 39.6 Å². The molecular weight excluding hydrogens is 712 g/mol. The molecule has 0 fully saturated rings. The van der Waals surface area contributed by atoms with Crippen molar-refractivity contribution in [2.75, 3.05) is 5.75 Å². The number of carbonyl (C=O) groups excluding carboxylic acids is 1. The van der Waals surface area contributed by atoms with E-state index in [1.165, 1.54) is 18.0 Å². The van der Waals surface area contributed by atoms with Gasteiger partial charge in [-0.1, -0.05) is 84.9 Å². The molecule has 0 bridgehead atoms. The Bertz CT molecular complexity index is 2390. The minimum absolute atomic E-state index is 0. The molecule has 4 heterocycles. The first-order valence-electron chi connectivity index (χ1n) is 15.7. The van der Waals surface area contributed by atoms with E-state index in [1.807, 2.05) is 133 Å². The molecule has 1 atom stereocenters. The van der Waals surface area contributed by atoms with Crippen molar-refractivity contribution in [2.45, 2.75) is 13.0 Å². The summed E-state index contributed by atoms with van der Waals surface area (Å²) in [6.45, 7) is 6.31. The molecule has 53 heavy (non-hydrogen) atoms. The third kappa shape index (κ3) is 12.4. The van der Waals surface area contributed by atoms with Crippen LogP contribution < -0.4 is 56.1 Å². The van der Waals surface area contributed by atoms with Crippen LogP contribution in [0.2, 0.25) is 0 Å². The first kappa shape index (κ1) is 42.1. The van der Waals surface area contributed by atoms with E-state index < -0.39 is 12.0 Å². The van der Waals surface area contributed by atoms with Crippen LogP contribution >= 0.6 is 11.8 Å². The van der Waals surface area contributed by atoms with Crippen LogP contribution in [0.3, 0.4) is 0 Å². The third-order valence-electron chi connectivity index (χ3n) is 7.32. The molecule has 3 aromatic heterocycles. The van der Waals surface area contributed by atoms with E-state index in [1.54, 1.807) is 19.1 Å². The van der Waals surface area contributed by atoms with Crippen LogP contribution in [-0.2, 0) is 4.79 Å². The number of carboxylic acids is 1. The number of nitriles is 1. The Morgan fingerprint density at radius 2 is 1.32 bits per heavy atom. The van der Waals surface area contributed by atoms with Crippen LogP contribution in [-0.4, -0.2) is 43.7 Å². The van der Waals surface area contributed by atoms with Gasteiger partial charge in [-0.3, -0.25) is 9.79 Å². The van der Waals surface area contributed by atoms with Crippen molar-refractivity contribution < 1.29 is 70.8 Å². The predicted octanol–water partition coefficient (Wildman–Crippen LogP) is 4.75. The van der Waals surface area contributed by atoms with Gasteiger partial charge in [0.15, 0.2) is 18.0 Å². The van der Waals surface area contributed by atoms with Crippen LogP contribution in [0.4, 0.5) is 0 Å². The van der Waals surface area contributed by atoms with E-state index in [9.17, 15) is 14.8 Å². The molecule has 0 saturated carbocycles. The van der Waals surface area contributed by atoms with Gasteiger partial charge in [0.1, 0.15) is 16.8 Å². The largest absolute Gasteiger partial charge is 1.00 e. The van der Waals surface area contributed by atoms with E-state index >= 15 is 0 Å². The number of ketones is 1. The van der Waals surface area contributed by atoms with Crippen molar-refractivity contribution in [3.63, 3.8) is 0 Å². The SMILES string of the molecule is CC(=O)c1ccccc1.N#Cc1ccc2ccccc2n1.O=C(O)[C@H]1CSC(c2ccc3ccccc3n2)=N1.[C-]#N.[K+].[O-][n+]1cccc2ccccc21. The fourth-order valence-electron chi connectivity index (χ4n) is 4.76. The summed E-state index contributed by atoms with van der Waals surface area (Å²) in [6, 6.07) is 44.8. The maximum atomic E-state index is 11.1. The van der Waals surface area contributed by atoms with Gasteiger partial charge in [0.25, 0.3) is 0 Å². The topological polar surface area (TPSA) is 167 Å². The molecule has 1 aliphatic rings. The van der Waals surface area contributed by atoms with Crippen LogP contribution in [0.25, 0.3) is 32.7 Å². The number of thioether (sulfide) groups is 1. The second kappa shape index (κ2) is 21.9. The molecule has 1 aliphatic heterocycles. The Hall–Kier alpha value is -5.31. The number of rotatable bonds is 3. The number of carboxylic acid groups (broad SMARTS) is 1. The average molecular weight is 743 g/mol. The number of hydrogen-bond acceptors (Lipinski definition) is 9. The number of pyridine rings is 3. The number of benzene rings is 4. The summed E-state index contributed by atoms with van der Waals surface area (Å²) in [5, 5.41) is 38.7. The number of aliphatic carboxylic acids is 1. The fraction of sp³-hybridized carbons (Fsp3) is 0.0732. The maximum absolute atomic E-state index is 11.1. The van der Waals surface area contributed by atoms with Crippen molar-refractivity contribution in [2.24, 2.45) is 4.99 Å². The molecule has 0 radical (unpaired) electrons. The zero-order chi connectivity index (χ0) is 37.3. The Labute approximate surface area is 353 Å². The van der Waals surface area contributed by atoms with Crippen molar-refractivity contribution in [1.29, 1.82) is 10.5 Å². The summed E-state index contributed by atoms with van der Waals surface area (Å²) in [7, 11) is 0. The molecule has 0 amide bonds. The van der Waals surface area contributed by atoms with Gasteiger partial charge in [-0.25, -0.2) is 14.8 Å². The van der Waals surface area contributed by atoms with E-state index in [4.69, 9.17) is 22.2 Å². The maximum Gasteiger partial charge on any atom is 1.00 e. The first-order valence-corrected chi connectivity index (χ1v) is 16.7. The Kier molecular flexibility index (Phi) is 17.4. The number of Topliss-reactive ketones (excluding diaryl/α,β-unsaturated/α-hetero) is 1. The summed E-state index contributed by atoms with van der Waals surface area (Å²) in [5.41, 5.74) is 4.48. The normalized spacial score (nSPS) is 12.3. The van der Waals surface area contributed by atoms with Gasteiger partial charge in [-0.15, -0.1) is 11.8 Å². The molecule has 4 aromatic carbocycles. The molecule has 0 unspecified atom stereocenters. The summed E-state index contributed by atoms with van der Waals surface area (Å²) in [6.07, 6.45) is 1.50. The first-order chi connectivity index (χ1) is 25.3. The number of para-hydroxylation sites is 3. The van der Waals surface area contributed by atoms with Crippen LogP contribution in [0.15, 0.2) is 151 Å². The zero-order valence-electron chi connectivity index (χ0n) is 28.9. The summed E-state index contributed by atoms with van der Waals surface area (Å²) in [5.74, 6) is -0.270. The number of nitrogens with zero attached hydrogens (tertiary/aromatic N) is 6. The van der Waals surface area contributed by atoms with Crippen molar-refractivity contribution in [1.82, 2.24) is 9.97 Å². The number of aliphatic imine (C=N–C) groups is 1. The smallest absolute Gasteiger partial charge is 0.618 e. The molecule has 0 saturated heterocycles. The van der Waals surface area contributed by atoms with Crippen LogP contribution in [0.1, 0.15) is 28.7 Å². The molecule has 7 aromatic rings. The molecule has 8 rings (SSSR count). The van der Waals surface area contributed by atoms with Crippen molar-refractivity contribution in [3.8, 4) is 6.07 Å². The van der Waals surface area contributed by atoms with E-state index in [-0.39, 0.29) is 57.2 Å². The summed E-state index contributed by atoms with van der Waals surface area (Å²) < 4.78 is 0.870. The minimum Gasteiger partial charge on any atom is -0.618 e. The predicted molar refractivity (Wildman–Crippen MR) is 203 cm³/mol. The van der Waals surface area contributed by atoms with Gasteiger partial charge < -0.3 is 22.1 Å². The number of fused-ring (bicyclic) bond motifs is 3. The van der Waals surface area contributed by atoms with Gasteiger partial charge in [0.05, 0.1) is 16.7 Å². The second-order valence-corrected chi connectivity index (χ2v) is 11.8. The van der Waals surface area contributed by atoms with Gasteiger partial charge in [-0.05, 0) is 49.4 Å². The standard InChI is InChI=1S/C13H10N2O2S.C10H6N2.C9H7NO.C8H8O.CN.K/c16-13(17)11-7-18-12(15-11)10-6-5-8-3-1-2-4-9(8)14-10;11-7-9-6-5-8-3-1-2-4-10(8)12-9;11-10-7-3-5-8-4-1-2-6-9(8)10;1-7(9)8-5-3-2-4-6-8;1-2;/h1-6,11H,7H2,(H,16,17);1-6H;1-7H;2-6H,1H3;;/q;;;;-1;+1/t11-;;;;;/m1...../s1. The molecule has 12 heteroatoms. The van der Waals surface area contributed by atoms with Gasteiger partial charge in [-0.2, -0.15) is 9.99 Å². The summed E-state index contributed by atoms with van der Waals surface area (Å²) >= 11 is 1.45. The van der Waals surface area contributed by atoms with E-state index in [0.29, 0.717) is 16.5 Å². The van der Waals surface area contributed by atoms with E-state index in [2.05, 4.69) is 15.0 Å². The zero-order valence-corrected chi connectivity index (χ0v) is 32.8. The molecular formula is C41H31KN6O4S. The molecule has 0 aliphatic carbocycles. The van der Waals surface area contributed by atoms with Gasteiger partial charge >= 0.3 is 57.4 Å². The average Bonchev–Trinajstić information content (AvgIpc) is 3.71. The van der Waals surface area contributed by atoms with Crippen LogP contribution in [0.5, 0.6) is 0 Å². The molecule has 0 spiro atoms. The van der Waals surface area contributed by atoms with Gasteiger partial charge in [0.2, 0.25) is 5.52 Å². The Morgan fingerprint density at radius 3 is 1.89 bits per heavy atom. The number of hydrogen-bond donors (Lipinski definition) is 1. The quantitative estimate of drug-likeness (QED) is 0.0884. The Balaban J connectivity index is 0.000000192. The molecule has 256 valence electrons. The second-order valence-electron chi connectivity index (χ2n) is 10.8. The fourth-order valence-corrected chi connectivity index (χ4v) is 5.76. The minimum atomic E-state index is -0.877. The summed E-state index contributed by atoms with van der Waals surface area (Å²) in [4.78, 5) is 34.3. The molecule has 10 nitrogen and oxygen atoms in total. The van der Waals surface area contributed by atoms with E-state index in [0.717, 1.165) is 48.7 Å². The Morgan fingerprint density at radius 1 is 0.774 bits per heavy atom. The van der Waals surface area contributed by atoms with Crippen LogP contribution in [0, 0.1) is 28.4 Å². The monoisotopic (exact) mass is 742 g/mol. The van der Waals surface area contributed by atoms with Crippen molar-refractivity contribution >= 4 is 61.3 Å². The number of aromatic nitrogens is 3. The third-order valence-corrected chi connectivity index (χ3v) is 8.39. The molecule has 1 N–H and O–H groups in total.